The molecule has 0 heterocycles. The molecule has 18 heavy (non-hydrogen) atoms. The van der Waals surface area contributed by atoms with Gasteiger partial charge in [-0.1, -0.05) is 57.5 Å². The van der Waals surface area contributed by atoms with E-state index in [9.17, 15) is 0 Å². The molecule has 1 heteroatoms. The standard InChI is InChI=1S/C17H23Cl/c1-4-6-13-7-5-8-14(9-13)15-10-16(18)12-17(2,3)11-15/h5,7-10,16H,4,6,11-12H2,1-3H3. The summed E-state index contributed by atoms with van der Waals surface area (Å²) in [5, 5.41) is 0.179. The Bertz CT molecular complexity index is 443. The quantitative estimate of drug-likeness (QED) is 0.636. The molecule has 0 amide bonds. The van der Waals surface area contributed by atoms with Gasteiger partial charge >= 0.3 is 0 Å². The van der Waals surface area contributed by atoms with Gasteiger partial charge < -0.3 is 0 Å². The molecular weight excluding hydrogens is 240 g/mol. The summed E-state index contributed by atoms with van der Waals surface area (Å²) in [6.45, 7) is 6.85. The molecule has 98 valence electrons. The van der Waals surface area contributed by atoms with Gasteiger partial charge in [0.1, 0.15) is 0 Å². The van der Waals surface area contributed by atoms with Crippen LogP contribution in [0.1, 0.15) is 51.2 Å². The van der Waals surface area contributed by atoms with Crippen LogP contribution >= 0.6 is 11.6 Å². The Hall–Kier alpha value is -0.750. The molecule has 1 aliphatic rings. The lowest BCUT2D eigenvalue weighted by Crippen LogP contribution is -2.21. The highest BCUT2D eigenvalue weighted by Crippen LogP contribution is 2.41. The number of allylic oxidation sites excluding steroid dienone is 2. The summed E-state index contributed by atoms with van der Waals surface area (Å²) in [6, 6.07) is 8.95. The van der Waals surface area contributed by atoms with Crippen molar-refractivity contribution in [2.24, 2.45) is 5.41 Å². The fourth-order valence-corrected chi connectivity index (χ4v) is 3.44. The predicted molar refractivity (Wildman–Crippen MR) is 81.1 cm³/mol. The molecular formula is C17H23Cl. The average molecular weight is 263 g/mol. The largest absolute Gasteiger partial charge is 0.118 e. The van der Waals surface area contributed by atoms with Crippen molar-refractivity contribution in [2.75, 3.05) is 0 Å². The van der Waals surface area contributed by atoms with E-state index in [2.05, 4.69) is 51.1 Å². The molecule has 1 aliphatic carbocycles. The van der Waals surface area contributed by atoms with E-state index in [1.807, 2.05) is 0 Å². The Kier molecular flexibility index (Phi) is 4.17. The second kappa shape index (κ2) is 5.48. The van der Waals surface area contributed by atoms with E-state index in [-0.39, 0.29) is 5.38 Å². The van der Waals surface area contributed by atoms with Crippen LogP contribution < -0.4 is 0 Å². The highest BCUT2D eigenvalue weighted by Gasteiger charge is 2.28. The van der Waals surface area contributed by atoms with Crippen molar-refractivity contribution < 1.29 is 0 Å². The lowest BCUT2D eigenvalue weighted by molar-refractivity contribution is 0.340. The van der Waals surface area contributed by atoms with Crippen molar-refractivity contribution in [3.8, 4) is 0 Å². The first-order valence-corrected chi connectivity index (χ1v) is 7.38. The summed E-state index contributed by atoms with van der Waals surface area (Å²) in [5.74, 6) is 0. The molecule has 0 saturated carbocycles. The summed E-state index contributed by atoms with van der Waals surface area (Å²) < 4.78 is 0. The van der Waals surface area contributed by atoms with Gasteiger partial charge in [-0.25, -0.2) is 0 Å². The molecule has 0 radical (unpaired) electrons. The molecule has 1 aromatic rings. The third-order valence-corrected chi connectivity index (χ3v) is 3.92. The van der Waals surface area contributed by atoms with Crippen LogP contribution in [0.2, 0.25) is 0 Å². The molecule has 0 nitrogen and oxygen atoms in total. The SMILES string of the molecule is CCCc1cccc(C2=CC(Cl)CC(C)(C)C2)c1. The Morgan fingerprint density at radius 2 is 2.11 bits per heavy atom. The van der Waals surface area contributed by atoms with Gasteiger partial charge in [-0.05, 0) is 41.4 Å². The van der Waals surface area contributed by atoms with Gasteiger partial charge in [0, 0.05) is 0 Å². The van der Waals surface area contributed by atoms with Crippen molar-refractivity contribution in [1.82, 2.24) is 0 Å². The van der Waals surface area contributed by atoms with Gasteiger partial charge in [0.15, 0.2) is 0 Å². The first kappa shape index (κ1) is 13.7. The van der Waals surface area contributed by atoms with Crippen LogP contribution in [0.4, 0.5) is 0 Å². The second-order valence-electron chi connectivity index (χ2n) is 6.20. The molecule has 0 spiro atoms. The van der Waals surface area contributed by atoms with Crippen molar-refractivity contribution in [3.05, 3.63) is 41.5 Å². The Morgan fingerprint density at radius 1 is 1.33 bits per heavy atom. The summed E-state index contributed by atoms with van der Waals surface area (Å²) in [6.07, 6.45) is 6.82. The molecule has 0 saturated heterocycles. The van der Waals surface area contributed by atoms with E-state index in [0.29, 0.717) is 5.41 Å². The second-order valence-corrected chi connectivity index (χ2v) is 6.76. The van der Waals surface area contributed by atoms with E-state index >= 15 is 0 Å². The zero-order valence-electron chi connectivity index (χ0n) is 11.7. The van der Waals surface area contributed by atoms with Crippen molar-refractivity contribution in [3.63, 3.8) is 0 Å². The maximum atomic E-state index is 6.37. The van der Waals surface area contributed by atoms with Crippen LogP contribution in [0.25, 0.3) is 5.57 Å². The number of alkyl halides is 1. The van der Waals surface area contributed by atoms with E-state index in [4.69, 9.17) is 11.6 Å². The third kappa shape index (κ3) is 3.38. The smallest absolute Gasteiger partial charge is 0.0527 e. The van der Waals surface area contributed by atoms with Crippen molar-refractivity contribution in [1.29, 1.82) is 0 Å². The van der Waals surface area contributed by atoms with Crippen LogP contribution in [-0.2, 0) is 6.42 Å². The zero-order chi connectivity index (χ0) is 13.2. The highest BCUT2D eigenvalue weighted by atomic mass is 35.5. The minimum atomic E-state index is 0.179. The lowest BCUT2D eigenvalue weighted by atomic mass is 9.75. The Balaban J connectivity index is 2.28. The molecule has 0 bridgehead atoms. The van der Waals surface area contributed by atoms with E-state index in [1.165, 1.54) is 23.1 Å². The molecule has 2 rings (SSSR count). The predicted octanol–water partition coefficient (Wildman–Crippen LogP) is 5.45. The van der Waals surface area contributed by atoms with Gasteiger partial charge in [-0.3, -0.25) is 0 Å². The molecule has 0 N–H and O–H groups in total. The van der Waals surface area contributed by atoms with E-state index in [1.54, 1.807) is 0 Å². The zero-order valence-corrected chi connectivity index (χ0v) is 12.4. The fourth-order valence-electron chi connectivity index (χ4n) is 2.87. The highest BCUT2D eigenvalue weighted by molar-refractivity contribution is 6.22. The van der Waals surface area contributed by atoms with Gasteiger partial charge in [0.2, 0.25) is 0 Å². The first-order valence-electron chi connectivity index (χ1n) is 6.94. The van der Waals surface area contributed by atoms with Gasteiger partial charge in [-0.2, -0.15) is 0 Å². The topological polar surface area (TPSA) is 0 Å². The van der Waals surface area contributed by atoms with E-state index < -0.39 is 0 Å². The summed E-state index contributed by atoms with van der Waals surface area (Å²) >= 11 is 6.37. The van der Waals surface area contributed by atoms with Crippen molar-refractivity contribution in [2.45, 2.75) is 51.8 Å². The van der Waals surface area contributed by atoms with Crippen LogP contribution in [0.5, 0.6) is 0 Å². The molecule has 0 aliphatic heterocycles. The first-order chi connectivity index (χ1) is 8.50. The maximum Gasteiger partial charge on any atom is 0.0527 e. The number of aryl methyl sites for hydroxylation is 1. The van der Waals surface area contributed by atoms with Crippen LogP contribution in [0, 0.1) is 5.41 Å². The van der Waals surface area contributed by atoms with Gasteiger partial charge in [-0.15, -0.1) is 11.6 Å². The summed E-state index contributed by atoms with van der Waals surface area (Å²) in [7, 11) is 0. The molecule has 0 aromatic heterocycles. The minimum absolute atomic E-state index is 0.179. The number of rotatable bonds is 3. The molecule has 1 atom stereocenters. The van der Waals surface area contributed by atoms with E-state index in [0.717, 1.165) is 19.3 Å². The lowest BCUT2D eigenvalue weighted by Gasteiger charge is -2.32. The number of halogens is 1. The molecule has 1 unspecified atom stereocenters. The molecule has 0 fully saturated rings. The van der Waals surface area contributed by atoms with Gasteiger partial charge in [0.05, 0.1) is 5.38 Å². The average Bonchev–Trinajstić information content (AvgIpc) is 2.27. The van der Waals surface area contributed by atoms with Crippen LogP contribution in [-0.4, -0.2) is 5.38 Å². The maximum absolute atomic E-state index is 6.37. The Labute approximate surface area is 116 Å². The van der Waals surface area contributed by atoms with Crippen LogP contribution in [0.15, 0.2) is 30.3 Å². The van der Waals surface area contributed by atoms with Crippen LogP contribution in [0.3, 0.4) is 0 Å². The number of hydrogen-bond donors (Lipinski definition) is 0. The fraction of sp³-hybridized carbons (Fsp3) is 0.529. The summed E-state index contributed by atoms with van der Waals surface area (Å²) in [5.41, 5.74) is 4.53. The van der Waals surface area contributed by atoms with Crippen molar-refractivity contribution >= 4 is 17.2 Å². The number of hydrogen-bond acceptors (Lipinski definition) is 0. The Morgan fingerprint density at radius 3 is 2.78 bits per heavy atom. The number of benzene rings is 1. The normalized spacial score (nSPS) is 22.7. The summed E-state index contributed by atoms with van der Waals surface area (Å²) in [4.78, 5) is 0. The molecule has 1 aromatic carbocycles. The minimum Gasteiger partial charge on any atom is -0.118 e. The van der Waals surface area contributed by atoms with Gasteiger partial charge in [0.25, 0.3) is 0 Å². The third-order valence-electron chi connectivity index (χ3n) is 3.64. The monoisotopic (exact) mass is 262 g/mol.